The lowest BCUT2D eigenvalue weighted by Gasteiger charge is -2.17. The molecule has 2 amide bonds. The maximum Gasteiger partial charge on any atom is 0.314 e. The smallest absolute Gasteiger partial charge is 0.314 e. The molecule has 0 radical (unpaired) electrons. The highest BCUT2D eigenvalue weighted by molar-refractivity contribution is 5.73. The Balaban J connectivity index is 1.63. The van der Waals surface area contributed by atoms with Crippen LogP contribution in [0, 0.1) is 5.92 Å². The number of carbonyl (C=O) groups is 1. The van der Waals surface area contributed by atoms with Crippen molar-refractivity contribution in [2.45, 2.75) is 46.0 Å². The molecule has 0 aromatic heterocycles. The van der Waals surface area contributed by atoms with E-state index in [2.05, 4.69) is 36.6 Å². The molecule has 1 aromatic carbocycles. The standard InChI is InChI=1S/C18H28N2O2/c1-14(2)9-10-19-18(21)20-11-12-22-17-8-7-15-5-3-4-6-16(15)13-17/h7-8,13-14H,3-6,9-12H2,1-2H3,(H2,19,20,21). The van der Waals surface area contributed by atoms with Crippen molar-refractivity contribution in [3.8, 4) is 5.75 Å². The van der Waals surface area contributed by atoms with E-state index < -0.39 is 0 Å². The quantitative estimate of drug-likeness (QED) is 0.759. The van der Waals surface area contributed by atoms with Crippen molar-refractivity contribution in [1.82, 2.24) is 10.6 Å². The van der Waals surface area contributed by atoms with Crippen LogP contribution in [0.1, 0.15) is 44.2 Å². The lowest BCUT2D eigenvalue weighted by atomic mass is 9.92. The Morgan fingerprint density at radius 3 is 2.64 bits per heavy atom. The maximum atomic E-state index is 11.5. The van der Waals surface area contributed by atoms with E-state index in [1.165, 1.54) is 30.4 Å². The molecule has 22 heavy (non-hydrogen) atoms. The SMILES string of the molecule is CC(C)CCNC(=O)NCCOc1ccc2c(c1)CCCC2. The Bertz CT molecular complexity index is 486. The van der Waals surface area contributed by atoms with E-state index >= 15 is 0 Å². The van der Waals surface area contributed by atoms with Crippen LogP contribution in [0.4, 0.5) is 4.79 Å². The Morgan fingerprint density at radius 1 is 1.14 bits per heavy atom. The van der Waals surface area contributed by atoms with Crippen LogP contribution in [0.2, 0.25) is 0 Å². The van der Waals surface area contributed by atoms with Crippen LogP contribution in [0.3, 0.4) is 0 Å². The minimum absolute atomic E-state index is 0.116. The van der Waals surface area contributed by atoms with Crippen molar-refractivity contribution >= 4 is 6.03 Å². The number of carbonyl (C=O) groups excluding carboxylic acids is 1. The molecule has 0 unspecified atom stereocenters. The van der Waals surface area contributed by atoms with Gasteiger partial charge in [0, 0.05) is 6.54 Å². The number of hydrogen-bond acceptors (Lipinski definition) is 2. The molecule has 0 heterocycles. The van der Waals surface area contributed by atoms with Crippen LogP contribution in [-0.2, 0) is 12.8 Å². The third-order valence-electron chi connectivity index (χ3n) is 3.98. The van der Waals surface area contributed by atoms with Crippen LogP contribution in [-0.4, -0.2) is 25.7 Å². The summed E-state index contributed by atoms with van der Waals surface area (Å²) in [6, 6.07) is 6.25. The number of urea groups is 1. The second-order valence-corrected chi connectivity index (χ2v) is 6.35. The van der Waals surface area contributed by atoms with E-state index in [4.69, 9.17) is 4.74 Å². The molecule has 1 aromatic rings. The Labute approximate surface area is 133 Å². The Hall–Kier alpha value is -1.71. The average molecular weight is 304 g/mol. The second kappa shape index (κ2) is 8.66. The molecule has 0 saturated heterocycles. The molecule has 0 aliphatic heterocycles. The summed E-state index contributed by atoms with van der Waals surface area (Å²) in [6.45, 7) is 6.02. The summed E-state index contributed by atoms with van der Waals surface area (Å²) >= 11 is 0. The molecule has 2 N–H and O–H groups in total. The molecule has 0 fully saturated rings. The third kappa shape index (κ3) is 5.58. The van der Waals surface area contributed by atoms with Crippen molar-refractivity contribution in [1.29, 1.82) is 0 Å². The van der Waals surface area contributed by atoms with Gasteiger partial charge >= 0.3 is 6.03 Å². The first-order chi connectivity index (χ1) is 10.6. The van der Waals surface area contributed by atoms with Gasteiger partial charge in [-0.25, -0.2) is 4.79 Å². The number of hydrogen-bond donors (Lipinski definition) is 2. The summed E-state index contributed by atoms with van der Waals surface area (Å²) < 4.78 is 5.72. The molecular weight excluding hydrogens is 276 g/mol. The zero-order valence-corrected chi connectivity index (χ0v) is 13.8. The molecule has 1 aliphatic rings. The van der Waals surface area contributed by atoms with Gasteiger partial charge in [0.2, 0.25) is 0 Å². The highest BCUT2D eigenvalue weighted by Gasteiger charge is 2.09. The van der Waals surface area contributed by atoms with Crippen LogP contribution >= 0.6 is 0 Å². The highest BCUT2D eigenvalue weighted by Crippen LogP contribution is 2.25. The Morgan fingerprint density at radius 2 is 1.86 bits per heavy atom. The van der Waals surface area contributed by atoms with Gasteiger partial charge < -0.3 is 15.4 Å². The fourth-order valence-electron chi connectivity index (χ4n) is 2.67. The number of fused-ring (bicyclic) bond motifs is 1. The van der Waals surface area contributed by atoms with Gasteiger partial charge in [-0.1, -0.05) is 19.9 Å². The van der Waals surface area contributed by atoms with E-state index in [1.807, 2.05) is 6.07 Å². The second-order valence-electron chi connectivity index (χ2n) is 6.35. The summed E-state index contributed by atoms with van der Waals surface area (Å²) in [5.41, 5.74) is 2.88. The fraction of sp³-hybridized carbons (Fsp3) is 0.611. The highest BCUT2D eigenvalue weighted by atomic mass is 16.5. The monoisotopic (exact) mass is 304 g/mol. The van der Waals surface area contributed by atoms with Crippen LogP contribution in [0.15, 0.2) is 18.2 Å². The zero-order valence-electron chi connectivity index (χ0n) is 13.8. The van der Waals surface area contributed by atoms with Gasteiger partial charge in [0.15, 0.2) is 0 Å². The summed E-state index contributed by atoms with van der Waals surface area (Å²) in [5, 5.41) is 5.66. The Kier molecular flexibility index (Phi) is 6.56. The van der Waals surface area contributed by atoms with Gasteiger partial charge in [-0.05, 0) is 61.3 Å². The van der Waals surface area contributed by atoms with Gasteiger partial charge in [-0.15, -0.1) is 0 Å². The lowest BCUT2D eigenvalue weighted by Crippen LogP contribution is -2.38. The number of benzene rings is 1. The lowest BCUT2D eigenvalue weighted by molar-refractivity contribution is 0.236. The maximum absolute atomic E-state index is 11.5. The van der Waals surface area contributed by atoms with Crippen molar-refractivity contribution in [2.75, 3.05) is 19.7 Å². The van der Waals surface area contributed by atoms with Gasteiger partial charge in [0.25, 0.3) is 0 Å². The van der Waals surface area contributed by atoms with E-state index in [0.717, 1.165) is 25.1 Å². The van der Waals surface area contributed by atoms with Crippen LogP contribution in [0.25, 0.3) is 0 Å². The van der Waals surface area contributed by atoms with Gasteiger partial charge in [0.1, 0.15) is 12.4 Å². The first-order valence-electron chi connectivity index (χ1n) is 8.41. The number of aryl methyl sites for hydroxylation is 2. The zero-order chi connectivity index (χ0) is 15.8. The van der Waals surface area contributed by atoms with E-state index in [1.54, 1.807) is 0 Å². The summed E-state index contributed by atoms with van der Waals surface area (Å²) in [4.78, 5) is 11.5. The normalized spacial score (nSPS) is 13.6. The molecular formula is C18H28N2O2. The molecule has 4 heteroatoms. The molecule has 122 valence electrons. The summed E-state index contributed by atoms with van der Waals surface area (Å²) in [6.07, 6.45) is 5.91. The van der Waals surface area contributed by atoms with Crippen molar-refractivity contribution in [3.63, 3.8) is 0 Å². The fourth-order valence-corrected chi connectivity index (χ4v) is 2.67. The molecule has 1 aliphatic carbocycles. The average Bonchev–Trinajstić information content (AvgIpc) is 2.51. The molecule has 0 atom stereocenters. The van der Waals surface area contributed by atoms with E-state index in [-0.39, 0.29) is 6.03 Å². The summed E-state index contributed by atoms with van der Waals surface area (Å²) in [7, 11) is 0. The van der Waals surface area contributed by atoms with Crippen LogP contribution in [0.5, 0.6) is 5.75 Å². The molecule has 2 rings (SSSR count). The molecule has 0 spiro atoms. The molecule has 0 bridgehead atoms. The first-order valence-corrected chi connectivity index (χ1v) is 8.41. The first kappa shape index (κ1) is 16.7. The van der Waals surface area contributed by atoms with Crippen LogP contribution < -0.4 is 15.4 Å². The molecule has 0 saturated carbocycles. The van der Waals surface area contributed by atoms with Gasteiger partial charge in [-0.3, -0.25) is 0 Å². The van der Waals surface area contributed by atoms with Crippen molar-refractivity contribution < 1.29 is 9.53 Å². The molecule has 4 nitrogen and oxygen atoms in total. The minimum Gasteiger partial charge on any atom is -0.492 e. The number of nitrogens with one attached hydrogen (secondary N) is 2. The summed E-state index contributed by atoms with van der Waals surface area (Å²) in [5.74, 6) is 1.51. The van der Waals surface area contributed by atoms with E-state index in [0.29, 0.717) is 19.1 Å². The van der Waals surface area contributed by atoms with Crippen molar-refractivity contribution in [2.24, 2.45) is 5.92 Å². The largest absolute Gasteiger partial charge is 0.492 e. The third-order valence-corrected chi connectivity index (χ3v) is 3.98. The van der Waals surface area contributed by atoms with Gasteiger partial charge in [0.05, 0.1) is 6.54 Å². The topological polar surface area (TPSA) is 50.4 Å². The predicted octanol–water partition coefficient (Wildman–Crippen LogP) is 3.29. The number of rotatable bonds is 7. The predicted molar refractivity (Wildman–Crippen MR) is 89.4 cm³/mol. The van der Waals surface area contributed by atoms with Crippen molar-refractivity contribution in [3.05, 3.63) is 29.3 Å². The number of ether oxygens (including phenoxy) is 1. The van der Waals surface area contributed by atoms with E-state index in [9.17, 15) is 4.79 Å². The minimum atomic E-state index is -0.116. The van der Waals surface area contributed by atoms with Gasteiger partial charge in [-0.2, -0.15) is 0 Å². The number of amides is 2.